The summed E-state index contributed by atoms with van der Waals surface area (Å²) >= 11 is 3.60. The van der Waals surface area contributed by atoms with Crippen molar-refractivity contribution in [3.63, 3.8) is 0 Å². The maximum Gasteiger partial charge on any atom is 0.249 e. The predicted molar refractivity (Wildman–Crippen MR) is 68.1 cm³/mol. The number of imidazole rings is 1. The van der Waals surface area contributed by atoms with Crippen LogP contribution in [0.25, 0.3) is 14.8 Å². The Kier molecular flexibility index (Phi) is 2.38. The average molecular weight is 247 g/mol. The minimum atomic E-state index is 1.25. The van der Waals surface area contributed by atoms with Crippen LogP contribution in [0.1, 0.15) is 0 Å². The topological polar surface area (TPSA) is 8.81 Å². The number of aromatic nitrogens is 2. The Bertz CT molecular complexity index is 590. The molecule has 80 valence electrons. The zero-order valence-corrected chi connectivity index (χ0v) is 10.5. The second-order valence-electron chi connectivity index (χ2n) is 3.60. The van der Waals surface area contributed by atoms with Crippen molar-refractivity contribution in [2.24, 2.45) is 7.05 Å². The molecule has 0 aliphatic carbocycles. The first-order chi connectivity index (χ1) is 7.83. The minimum absolute atomic E-state index is 1.25. The Morgan fingerprint density at radius 3 is 2.81 bits per heavy atom. The molecule has 3 rings (SSSR count). The quantitative estimate of drug-likeness (QED) is 0.615. The van der Waals surface area contributed by atoms with E-state index in [4.69, 9.17) is 0 Å². The third kappa shape index (κ3) is 1.70. The maximum atomic E-state index is 2.19. The lowest BCUT2D eigenvalue weighted by Gasteiger charge is -1.88. The first-order valence-electron chi connectivity index (χ1n) is 5.00. The standard InChI is InChI=1S/C12H11N2S2/c1-13-6-7-14(9-13)12-5-4-11(16-12)10-3-2-8-15-10/h2-9H,1H3/q+1. The number of aryl methyl sites for hydroxylation is 1. The van der Waals surface area contributed by atoms with E-state index in [1.807, 2.05) is 29.1 Å². The van der Waals surface area contributed by atoms with Gasteiger partial charge in [-0.1, -0.05) is 17.4 Å². The molecule has 0 N–H and O–H groups in total. The van der Waals surface area contributed by atoms with Crippen molar-refractivity contribution in [1.82, 2.24) is 4.57 Å². The highest BCUT2D eigenvalue weighted by molar-refractivity contribution is 7.22. The van der Waals surface area contributed by atoms with Crippen molar-refractivity contribution in [3.05, 3.63) is 48.4 Å². The van der Waals surface area contributed by atoms with Crippen molar-refractivity contribution in [1.29, 1.82) is 0 Å². The van der Waals surface area contributed by atoms with Crippen LogP contribution in [0.5, 0.6) is 0 Å². The van der Waals surface area contributed by atoms with E-state index in [2.05, 4.69) is 46.7 Å². The minimum Gasteiger partial charge on any atom is -0.239 e. The summed E-state index contributed by atoms with van der Waals surface area (Å²) in [5.74, 6) is 0. The fourth-order valence-electron chi connectivity index (χ4n) is 1.60. The number of nitrogens with zero attached hydrogens (tertiary/aromatic N) is 2. The van der Waals surface area contributed by atoms with E-state index in [0.29, 0.717) is 0 Å². The highest BCUT2D eigenvalue weighted by Gasteiger charge is 2.09. The number of hydrogen-bond donors (Lipinski definition) is 0. The maximum absolute atomic E-state index is 2.19. The summed E-state index contributed by atoms with van der Waals surface area (Å²) in [7, 11) is 2.03. The zero-order valence-electron chi connectivity index (χ0n) is 8.83. The fraction of sp³-hybridized carbons (Fsp3) is 0.0833. The van der Waals surface area contributed by atoms with E-state index < -0.39 is 0 Å². The van der Waals surface area contributed by atoms with Gasteiger partial charge in [-0.3, -0.25) is 0 Å². The molecular weight excluding hydrogens is 236 g/mol. The molecular formula is C12H11N2S2+. The van der Waals surface area contributed by atoms with Crippen molar-refractivity contribution in [3.8, 4) is 14.8 Å². The van der Waals surface area contributed by atoms with E-state index in [9.17, 15) is 0 Å². The van der Waals surface area contributed by atoms with E-state index in [1.165, 1.54) is 14.8 Å². The first-order valence-corrected chi connectivity index (χ1v) is 6.70. The van der Waals surface area contributed by atoms with Gasteiger partial charge in [0.05, 0.1) is 7.05 Å². The molecule has 3 heterocycles. The molecule has 0 amide bonds. The highest BCUT2D eigenvalue weighted by Crippen LogP contribution is 2.32. The van der Waals surface area contributed by atoms with Gasteiger partial charge in [0.1, 0.15) is 12.4 Å². The van der Waals surface area contributed by atoms with Crippen LogP contribution in [0.15, 0.2) is 48.4 Å². The lowest BCUT2D eigenvalue weighted by atomic mass is 10.4. The molecule has 0 aliphatic rings. The van der Waals surface area contributed by atoms with Gasteiger partial charge in [-0.25, -0.2) is 4.57 Å². The van der Waals surface area contributed by atoms with Gasteiger partial charge < -0.3 is 0 Å². The van der Waals surface area contributed by atoms with Crippen LogP contribution >= 0.6 is 22.7 Å². The van der Waals surface area contributed by atoms with Crippen molar-refractivity contribution >= 4 is 22.7 Å². The van der Waals surface area contributed by atoms with Gasteiger partial charge in [-0.05, 0) is 23.6 Å². The third-order valence-corrected chi connectivity index (χ3v) is 4.54. The number of hydrogen-bond acceptors (Lipinski definition) is 2. The molecule has 0 unspecified atom stereocenters. The van der Waals surface area contributed by atoms with Crippen LogP contribution in [0.2, 0.25) is 0 Å². The number of rotatable bonds is 2. The molecule has 0 atom stereocenters. The van der Waals surface area contributed by atoms with Crippen molar-refractivity contribution < 1.29 is 4.57 Å². The Hall–Kier alpha value is -1.39. The summed E-state index contributed by atoms with van der Waals surface area (Å²) in [5.41, 5.74) is 0. The molecule has 0 spiro atoms. The molecule has 0 aromatic carbocycles. The van der Waals surface area contributed by atoms with Gasteiger partial charge in [0, 0.05) is 9.75 Å². The molecule has 3 aromatic rings. The summed E-state index contributed by atoms with van der Waals surface area (Å²) in [5, 5.41) is 3.37. The van der Waals surface area contributed by atoms with E-state index >= 15 is 0 Å². The Morgan fingerprint density at radius 1 is 1.19 bits per heavy atom. The smallest absolute Gasteiger partial charge is 0.239 e. The van der Waals surface area contributed by atoms with Crippen LogP contribution in [0.4, 0.5) is 0 Å². The molecule has 0 fully saturated rings. The molecule has 4 heteroatoms. The summed E-state index contributed by atoms with van der Waals surface area (Å²) in [6.45, 7) is 0. The molecule has 2 nitrogen and oxygen atoms in total. The normalized spacial score (nSPS) is 10.8. The summed E-state index contributed by atoms with van der Waals surface area (Å²) in [6.07, 6.45) is 6.19. The van der Waals surface area contributed by atoms with Gasteiger partial charge in [0.25, 0.3) is 0 Å². The van der Waals surface area contributed by atoms with Gasteiger partial charge in [-0.2, -0.15) is 4.57 Å². The van der Waals surface area contributed by atoms with Crippen LogP contribution < -0.4 is 4.57 Å². The molecule has 0 saturated heterocycles. The van der Waals surface area contributed by atoms with Crippen LogP contribution in [0, 0.1) is 0 Å². The van der Waals surface area contributed by atoms with E-state index in [0.717, 1.165) is 0 Å². The molecule has 0 bridgehead atoms. The second-order valence-corrected chi connectivity index (χ2v) is 5.61. The first kappa shape index (κ1) is 9.81. The predicted octanol–water partition coefficient (Wildman–Crippen LogP) is 3.09. The fourth-order valence-corrected chi connectivity index (χ4v) is 3.39. The monoisotopic (exact) mass is 247 g/mol. The molecule has 0 saturated carbocycles. The highest BCUT2D eigenvalue weighted by atomic mass is 32.1. The van der Waals surface area contributed by atoms with Crippen LogP contribution in [-0.2, 0) is 7.05 Å². The Balaban J connectivity index is 2.00. The summed E-state index contributed by atoms with van der Waals surface area (Å²) in [6, 6.07) is 8.61. The number of thiophene rings is 2. The molecule has 3 aromatic heterocycles. The zero-order chi connectivity index (χ0) is 11.0. The average Bonchev–Trinajstić information content (AvgIpc) is 2.97. The lowest BCUT2D eigenvalue weighted by Crippen LogP contribution is -2.23. The van der Waals surface area contributed by atoms with Gasteiger partial charge in [-0.15, -0.1) is 11.3 Å². The van der Waals surface area contributed by atoms with Crippen LogP contribution in [-0.4, -0.2) is 4.57 Å². The molecule has 16 heavy (non-hydrogen) atoms. The van der Waals surface area contributed by atoms with Gasteiger partial charge in [0.2, 0.25) is 6.33 Å². The third-order valence-electron chi connectivity index (χ3n) is 2.38. The molecule has 0 radical (unpaired) electrons. The van der Waals surface area contributed by atoms with Gasteiger partial charge in [0.15, 0.2) is 5.00 Å². The molecule has 0 aliphatic heterocycles. The second kappa shape index (κ2) is 3.88. The van der Waals surface area contributed by atoms with E-state index in [-0.39, 0.29) is 0 Å². The lowest BCUT2D eigenvalue weighted by molar-refractivity contribution is -0.670. The largest absolute Gasteiger partial charge is 0.249 e. The summed E-state index contributed by atoms with van der Waals surface area (Å²) < 4.78 is 4.19. The Morgan fingerprint density at radius 2 is 2.12 bits per heavy atom. The summed E-state index contributed by atoms with van der Waals surface area (Å²) in [4.78, 5) is 2.68. The SMILES string of the molecule is C[n+]1ccn(-c2ccc(-c3cccs3)s2)c1. The Labute approximate surface area is 102 Å². The van der Waals surface area contributed by atoms with Crippen molar-refractivity contribution in [2.45, 2.75) is 0 Å². The van der Waals surface area contributed by atoms with E-state index in [1.54, 1.807) is 11.3 Å². The van der Waals surface area contributed by atoms with Crippen LogP contribution in [0.3, 0.4) is 0 Å². The van der Waals surface area contributed by atoms with Gasteiger partial charge >= 0.3 is 0 Å². The van der Waals surface area contributed by atoms with Crippen molar-refractivity contribution in [2.75, 3.05) is 0 Å².